The van der Waals surface area contributed by atoms with Gasteiger partial charge in [-0.05, 0) is 36.1 Å². The van der Waals surface area contributed by atoms with E-state index >= 15 is 0 Å². The number of carbonyl (C=O) groups is 1. The molecule has 0 aliphatic rings. The Hall–Kier alpha value is -2.51. The van der Waals surface area contributed by atoms with Gasteiger partial charge in [0.25, 0.3) is 5.91 Å². The van der Waals surface area contributed by atoms with Crippen molar-refractivity contribution >= 4 is 5.91 Å². The van der Waals surface area contributed by atoms with E-state index in [0.717, 1.165) is 12.1 Å². The molecule has 1 amide bonds. The number of benzene rings is 1. The lowest BCUT2D eigenvalue weighted by Gasteiger charge is -2.16. The van der Waals surface area contributed by atoms with Gasteiger partial charge >= 0.3 is 6.36 Å². The zero-order chi connectivity index (χ0) is 18.6. The Bertz CT molecular complexity index is 709. The van der Waals surface area contributed by atoms with Crippen molar-refractivity contribution in [3.8, 4) is 5.75 Å². The van der Waals surface area contributed by atoms with Crippen molar-refractivity contribution in [1.82, 2.24) is 15.1 Å². The number of ether oxygens (including phenoxy) is 1. The molecular weight excluding hydrogens is 335 g/mol. The normalized spacial score (nSPS) is 11.6. The highest BCUT2D eigenvalue weighted by molar-refractivity contribution is 5.92. The molecule has 5 nitrogen and oxygen atoms in total. The van der Waals surface area contributed by atoms with E-state index in [2.05, 4.69) is 28.8 Å². The van der Waals surface area contributed by atoms with Crippen LogP contribution in [0.3, 0.4) is 0 Å². The highest BCUT2D eigenvalue weighted by atomic mass is 19.4. The molecule has 0 aliphatic carbocycles. The number of alkyl halides is 3. The van der Waals surface area contributed by atoms with Crippen LogP contribution in [0.15, 0.2) is 30.3 Å². The number of H-pyrrole nitrogens is 1. The molecule has 2 aromatic rings. The summed E-state index contributed by atoms with van der Waals surface area (Å²) in [5.41, 5.74) is 1.89. The number of hydrogen-bond donors (Lipinski definition) is 1. The van der Waals surface area contributed by atoms with E-state index in [1.807, 2.05) is 0 Å². The molecule has 0 spiro atoms. The Morgan fingerprint density at radius 3 is 2.48 bits per heavy atom. The van der Waals surface area contributed by atoms with Gasteiger partial charge in [-0.25, -0.2) is 0 Å². The summed E-state index contributed by atoms with van der Waals surface area (Å²) >= 11 is 0. The lowest BCUT2D eigenvalue weighted by molar-refractivity contribution is -0.274. The highest BCUT2D eigenvalue weighted by Crippen LogP contribution is 2.23. The van der Waals surface area contributed by atoms with E-state index in [9.17, 15) is 18.0 Å². The zero-order valence-corrected chi connectivity index (χ0v) is 14.2. The second kappa shape index (κ2) is 7.58. The summed E-state index contributed by atoms with van der Waals surface area (Å²) in [6.07, 6.45) is -3.92. The first kappa shape index (κ1) is 18.8. The summed E-state index contributed by atoms with van der Waals surface area (Å²) in [5, 5.41) is 6.87. The van der Waals surface area contributed by atoms with Crippen LogP contribution >= 0.6 is 0 Å². The first-order valence-electron chi connectivity index (χ1n) is 7.78. The number of aromatic amines is 1. The van der Waals surface area contributed by atoms with Gasteiger partial charge in [0.05, 0.1) is 0 Å². The topological polar surface area (TPSA) is 58.2 Å². The van der Waals surface area contributed by atoms with Crippen LogP contribution in [-0.4, -0.2) is 34.4 Å². The van der Waals surface area contributed by atoms with E-state index in [-0.39, 0.29) is 18.2 Å². The number of hydrogen-bond acceptors (Lipinski definition) is 3. The largest absolute Gasteiger partial charge is 0.573 e. The van der Waals surface area contributed by atoms with Gasteiger partial charge < -0.3 is 9.64 Å². The molecule has 0 aliphatic heterocycles. The molecule has 1 heterocycles. The maximum Gasteiger partial charge on any atom is 0.573 e. The van der Waals surface area contributed by atoms with Crippen molar-refractivity contribution in [3.05, 3.63) is 47.3 Å². The van der Waals surface area contributed by atoms with Crippen molar-refractivity contribution in [2.75, 3.05) is 7.05 Å². The molecule has 1 aromatic carbocycles. The van der Waals surface area contributed by atoms with Gasteiger partial charge in [0.1, 0.15) is 11.4 Å². The van der Waals surface area contributed by atoms with Crippen molar-refractivity contribution in [3.63, 3.8) is 0 Å². The minimum absolute atomic E-state index is 0.248. The van der Waals surface area contributed by atoms with Crippen LogP contribution in [0, 0.1) is 5.92 Å². The molecule has 0 atom stereocenters. The molecule has 1 N–H and O–H groups in total. The lowest BCUT2D eigenvalue weighted by Crippen LogP contribution is -2.26. The summed E-state index contributed by atoms with van der Waals surface area (Å²) in [6, 6.07) is 7.13. The standard InChI is InChI=1S/C17H20F3N3O2/c1-11(2)8-13-9-15(22-21-13)16(24)23(3)10-12-4-6-14(7-5-12)25-17(18,19)20/h4-7,9,11H,8,10H2,1-3H3,(H,21,22). The summed E-state index contributed by atoms with van der Waals surface area (Å²) < 4.78 is 40.2. The average Bonchev–Trinajstić information content (AvgIpc) is 2.94. The quantitative estimate of drug-likeness (QED) is 0.858. The molecule has 1 aromatic heterocycles. The van der Waals surface area contributed by atoms with Crippen LogP contribution in [-0.2, 0) is 13.0 Å². The fraction of sp³-hybridized carbons (Fsp3) is 0.412. The fourth-order valence-electron chi connectivity index (χ4n) is 2.35. The minimum Gasteiger partial charge on any atom is -0.406 e. The van der Waals surface area contributed by atoms with Crippen molar-refractivity contribution in [2.24, 2.45) is 5.92 Å². The SMILES string of the molecule is CC(C)Cc1cc(C(=O)N(C)Cc2ccc(OC(F)(F)F)cc2)n[nH]1. The van der Waals surface area contributed by atoms with Crippen LogP contribution < -0.4 is 4.74 Å². The van der Waals surface area contributed by atoms with E-state index in [1.54, 1.807) is 13.1 Å². The van der Waals surface area contributed by atoms with Gasteiger partial charge in [0, 0.05) is 19.3 Å². The third kappa shape index (κ3) is 5.81. The Kier molecular flexibility index (Phi) is 5.71. The predicted molar refractivity (Wildman–Crippen MR) is 86.1 cm³/mol. The molecule has 0 saturated heterocycles. The second-order valence-corrected chi connectivity index (χ2v) is 6.23. The molecule has 0 saturated carbocycles. The van der Waals surface area contributed by atoms with Gasteiger partial charge in [0.15, 0.2) is 0 Å². The molecule has 0 radical (unpaired) electrons. The van der Waals surface area contributed by atoms with Crippen LogP contribution in [0.25, 0.3) is 0 Å². The van der Waals surface area contributed by atoms with Gasteiger partial charge in [-0.15, -0.1) is 13.2 Å². The summed E-state index contributed by atoms with van der Waals surface area (Å²) in [6.45, 7) is 4.39. The molecule has 0 unspecified atom stereocenters. The number of carbonyl (C=O) groups excluding carboxylic acids is 1. The Balaban J connectivity index is 1.97. The Morgan fingerprint density at radius 2 is 1.92 bits per heavy atom. The number of amides is 1. The molecule has 8 heteroatoms. The third-order valence-electron chi connectivity index (χ3n) is 3.40. The lowest BCUT2D eigenvalue weighted by atomic mass is 10.1. The molecule has 2 rings (SSSR count). The van der Waals surface area contributed by atoms with Crippen LogP contribution in [0.1, 0.15) is 35.6 Å². The van der Waals surface area contributed by atoms with Gasteiger partial charge in [-0.3, -0.25) is 9.89 Å². The van der Waals surface area contributed by atoms with E-state index in [0.29, 0.717) is 17.2 Å². The Labute approximate surface area is 143 Å². The second-order valence-electron chi connectivity index (χ2n) is 6.23. The van der Waals surface area contributed by atoms with Crippen LogP contribution in [0.4, 0.5) is 13.2 Å². The third-order valence-corrected chi connectivity index (χ3v) is 3.40. The molecular formula is C17H20F3N3O2. The molecule has 25 heavy (non-hydrogen) atoms. The van der Waals surface area contributed by atoms with Crippen molar-refractivity contribution < 1.29 is 22.7 Å². The monoisotopic (exact) mass is 355 g/mol. The van der Waals surface area contributed by atoms with Gasteiger partial charge in [-0.1, -0.05) is 26.0 Å². The van der Waals surface area contributed by atoms with E-state index in [1.165, 1.54) is 29.2 Å². The maximum atomic E-state index is 12.4. The predicted octanol–water partition coefficient (Wildman–Crippen LogP) is 3.78. The summed E-state index contributed by atoms with van der Waals surface area (Å²) in [5.74, 6) is -0.115. The number of halogens is 3. The number of nitrogens with zero attached hydrogens (tertiary/aromatic N) is 2. The molecule has 0 fully saturated rings. The molecule has 0 bridgehead atoms. The van der Waals surface area contributed by atoms with Crippen LogP contribution in [0.5, 0.6) is 5.75 Å². The van der Waals surface area contributed by atoms with E-state index < -0.39 is 6.36 Å². The van der Waals surface area contributed by atoms with E-state index in [4.69, 9.17) is 0 Å². The summed E-state index contributed by atoms with van der Waals surface area (Å²) in [7, 11) is 1.61. The first-order chi connectivity index (χ1) is 11.6. The smallest absolute Gasteiger partial charge is 0.406 e. The van der Waals surface area contributed by atoms with Gasteiger partial charge in [-0.2, -0.15) is 5.10 Å². The maximum absolute atomic E-state index is 12.4. The number of nitrogens with one attached hydrogen (secondary N) is 1. The highest BCUT2D eigenvalue weighted by Gasteiger charge is 2.31. The molecule has 136 valence electrons. The average molecular weight is 355 g/mol. The van der Waals surface area contributed by atoms with Crippen molar-refractivity contribution in [1.29, 1.82) is 0 Å². The summed E-state index contributed by atoms with van der Waals surface area (Å²) in [4.78, 5) is 13.8. The van der Waals surface area contributed by atoms with Crippen LogP contribution in [0.2, 0.25) is 0 Å². The first-order valence-corrected chi connectivity index (χ1v) is 7.78. The number of aromatic nitrogens is 2. The minimum atomic E-state index is -4.72. The fourth-order valence-corrected chi connectivity index (χ4v) is 2.35. The number of rotatable bonds is 6. The van der Waals surface area contributed by atoms with Gasteiger partial charge in [0.2, 0.25) is 0 Å². The Morgan fingerprint density at radius 1 is 1.28 bits per heavy atom. The zero-order valence-electron chi connectivity index (χ0n) is 14.2. The van der Waals surface area contributed by atoms with Crippen molar-refractivity contribution in [2.45, 2.75) is 33.2 Å².